The standard InChI is InChI=1S/C18H17N3O5S/c1-26-18(23)15-5-3-4-6-16(15)21(27(2,24)25)12-17(22)20-14-9-7-13(11-19)8-10-14/h3-10H,12H2,1-2H3,(H,20,22). The minimum absolute atomic E-state index is 0.0246. The van der Waals surface area contributed by atoms with Gasteiger partial charge in [0.05, 0.1) is 36.2 Å². The largest absolute Gasteiger partial charge is 0.465 e. The molecule has 0 heterocycles. The van der Waals surface area contributed by atoms with E-state index < -0.39 is 28.4 Å². The summed E-state index contributed by atoms with van der Waals surface area (Å²) in [6.07, 6.45) is 0.941. The Morgan fingerprint density at radius 1 is 1.15 bits per heavy atom. The van der Waals surface area contributed by atoms with Crippen molar-refractivity contribution in [2.24, 2.45) is 0 Å². The van der Waals surface area contributed by atoms with Gasteiger partial charge in [-0.1, -0.05) is 12.1 Å². The molecule has 0 fully saturated rings. The molecule has 27 heavy (non-hydrogen) atoms. The van der Waals surface area contributed by atoms with Crippen LogP contribution in [0.2, 0.25) is 0 Å². The summed E-state index contributed by atoms with van der Waals surface area (Å²) >= 11 is 0. The monoisotopic (exact) mass is 387 g/mol. The first kappa shape index (κ1) is 19.9. The molecule has 9 heteroatoms. The molecule has 1 amide bonds. The third kappa shape index (κ3) is 5.05. The fraction of sp³-hybridized carbons (Fsp3) is 0.167. The quantitative estimate of drug-likeness (QED) is 0.755. The fourth-order valence-electron chi connectivity index (χ4n) is 2.31. The minimum Gasteiger partial charge on any atom is -0.465 e. The van der Waals surface area contributed by atoms with Gasteiger partial charge in [-0.05, 0) is 36.4 Å². The Morgan fingerprint density at radius 2 is 1.78 bits per heavy atom. The molecular formula is C18H17N3O5S. The third-order valence-corrected chi connectivity index (χ3v) is 4.69. The Hall–Kier alpha value is -3.38. The molecule has 2 aromatic rings. The summed E-state index contributed by atoms with van der Waals surface area (Å²) in [7, 11) is -2.68. The molecular weight excluding hydrogens is 370 g/mol. The van der Waals surface area contributed by atoms with Crippen LogP contribution in [0.1, 0.15) is 15.9 Å². The lowest BCUT2D eigenvalue weighted by Gasteiger charge is -2.23. The van der Waals surface area contributed by atoms with Crippen molar-refractivity contribution < 1.29 is 22.7 Å². The lowest BCUT2D eigenvalue weighted by Crippen LogP contribution is -2.38. The van der Waals surface area contributed by atoms with Crippen LogP contribution >= 0.6 is 0 Å². The van der Waals surface area contributed by atoms with Gasteiger partial charge in [-0.3, -0.25) is 9.10 Å². The Morgan fingerprint density at radius 3 is 2.33 bits per heavy atom. The Kier molecular flexibility index (Phi) is 6.15. The molecule has 0 spiro atoms. The number of nitriles is 1. The van der Waals surface area contributed by atoms with Gasteiger partial charge in [0.1, 0.15) is 6.54 Å². The zero-order chi connectivity index (χ0) is 20.0. The number of anilines is 2. The van der Waals surface area contributed by atoms with E-state index in [-0.39, 0.29) is 11.3 Å². The van der Waals surface area contributed by atoms with Crippen LogP contribution < -0.4 is 9.62 Å². The smallest absolute Gasteiger partial charge is 0.340 e. The highest BCUT2D eigenvalue weighted by Gasteiger charge is 2.25. The van der Waals surface area contributed by atoms with E-state index in [1.807, 2.05) is 6.07 Å². The van der Waals surface area contributed by atoms with Gasteiger partial charge in [0.25, 0.3) is 0 Å². The van der Waals surface area contributed by atoms with Crippen molar-refractivity contribution in [1.29, 1.82) is 5.26 Å². The second-order valence-electron chi connectivity index (χ2n) is 5.52. The van der Waals surface area contributed by atoms with Gasteiger partial charge < -0.3 is 10.1 Å². The number of nitrogens with one attached hydrogen (secondary N) is 1. The third-order valence-electron chi connectivity index (χ3n) is 3.56. The number of nitrogens with zero attached hydrogens (tertiary/aromatic N) is 2. The molecule has 1 N–H and O–H groups in total. The summed E-state index contributed by atoms with van der Waals surface area (Å²) < 4.78 is 30.0. The zero-order valence-corrected chi connectivity index (χ0v) is 15.5. The SMILES string of the molecule is COC(=O)c1ccccc1N(CC(=O)Nc1ccc(C#N)cc1)S(C)(=O)=O. The average molecular weight is 387 g/mol. The molecule has 0 atom stereocenters. The highest BCUT2D eigenvalue weighted by Crippen LogP contribution is 2.23. The Labute approximate surface area is 157 Å². The van der Waals surface area contributed by atoms with Gasteiger partial charge in [-0.2, -0.15) is 5.26 Å². The zero-order valence-electron chi connectivity index (χ0n) is 14.7. The molecule has 0 aromatic heterocycles. The van der Waals surface area contributed by atoms with E-state index in [9.17, 15) is 18.0 Å². The molecule has 0 bridgehead atoms. The number of carbonyl (C=O) groups excluding carboxylic acids is 2. The van der Waals surface area contributed by atoms with Crippen LogP contribution in [0, 0.1) is 11.3 Å². The highest BCUT2D eigenvalue weighted by atomic mass is 32.2. The van der Waals surface area contributed by atoms with Gasteiger partial charge in [-0.25, -0.2) is 13.2 Å². The van der Waals surface area contributed by atoms with Gasteiger partial charge in [0, 0.05) is 5.69 Å². The normalized spacial score (nSPS) is 10.6. The number of para-hydroxylation sites is 1. The molecule has 0 radical (unpaired) electrons. The average Bonchev–Trinajstić information content (AvgIpc) is 2.65. The van der Waals surface area contributed by atoms with Gasteiger partial charge in [0.2, 0.25) is 15.9 Å². The van der Waals surface area contributed by atoms with Crippen LogP contribution in [-0.2, 0) is 19.6 Å². The van der Waals surface area contributed by atoms with E-state index in [0.29, 0.717) is 11.3 Å². The highest BCUT2D eigenvalue weighted by molar-refractivity contribution is 7.92. The summed E-state index contributed by atoms with van der Waals surface area (Å²) in [5.41, 5.74) is 0.907. The maximum absolute atomic E-state index is 12.3. The molecule has 140 valence electrons. The number of carbonyl (C=O) groups is 2. The molecule has 0 unspecified atom stereocenters. The number of benzene rings is 2. The van der Waals surface area contributed by atoms with Crippen molar-refractivity contribution >= 4 is 33.3 Å². The molecule has 0 aliphatic rings. The van der Waals surface area contributed by atoms with Crippen LogP contribution in [0.5, 0.6) is 0 Å². The lowest BCUT2D eigenvalue weighted by molar-refractivity contribution is -0.114. The molecule has 0 saturated carbocycles. The second-order valence-corrected chi connectivity index (χ2v) is 7.42. The first-order chi connectivity index (χ1) is 12.8. The summed E-state index contributed by atoms with van der Waals surface area (Å²) in [5, 5.41) is 11.3. The van der Waals surface area contributed by atoms with Crippen LogP contribution in [0.3, 0.4) is 0 Å². The van der Waals surface area contributed by atoms with Crippen molar-refractivity contribution in [3.05, 3.63) is 59.7 Å². The van der Waals surface area contributed by atoms with Gasteiger partial charge in [-0.15, -0.1) is 0 Å². The van der Waals surface area contributed by atoms with Crippen LogP contribution in [0.15, 0.2) is 48.5 Å². The van der Waals surface area contributed by atoms with Crippen molar-refractivity contribution in [3.8, 4) is 6.07 Å². The van der Waals surface area contributed by atoms with E-state index in [2.05, 4.69) is 10.1 Å². The topological polar surface area (TPSA) is 117 Å². The molecule has 0 saturated heterocycles. The summed E-state index contributed by atoms with van der Waals surface area (Å²) in [6, 6.07) is 14.0. The molecule has 0 aliphatic heterocycles. The number of ether oxygens (including phenoxy) is 1. The lowest BCUT2D eigenvalue weighted by atomic mass is 10.2. The summed E-state index contributed by atoms with van der Waals surface area (Å²) in [5.74, 6) is -1.32. The predicted octanol–water partition coefficient (Wildman–Crippen LogP) is 1.75. The van der Waals surface area contributed by atoms with E-state index in [1.54, 1.807) is 12.1 Å². The maximum Gasteiger partial charge on any atom is 0.340 e. The molecule has 2 rings (SSSR count). The van der Waals surface area contributed by atoms with Crippen LogP contribution in [-0.4, -0.2) is 40.2 Å². The van der Waals surface area contributed by atoms with Gasteiger partial charge in [0.15, 0.2) is 0 Å². The van der Waals surface area contributed by atoms with E-state index in [0.717, 1.165) is 10.6 Å². The van der Waals surface area contributed by atoms with Crippen LogP contribution in [0.4, 0.5) is 11.4 Å². The Balaban J connectivity index is 2.29. The predicted molar refractivity (Wildman–Crippen MR) is 99.8 cm³/mol. The molecule has 0 aliphatic carbocycles. The van der Waals surface area contributed by atoms with Gasteiger partial charge >= 0.3 is 5.97 Å². The maximum atomic E-state index is 12.3. The molecule has 8 nitrogen and oxygen atoms in total. The number of methoxy groups -OCH3 is 1. The number of hydrogen-bond donors (Lipinski definition) is 1. The first-order valence-electron chi connectivity index (χ1n) is 7.71. The van der Waals surface area contributed by atoms with E-state index in [1.165, 1.54) is 43.5 Å². The Bertz CT molecular complexity index is 994. The van der Waals surface area contributed by atoms with Crippen molar-refractivity contribution in [1.82, 2.24) is 0 Å². The molecule has 2 aromatic carbocycles. The number of hydrogen-bond acceptors (Lipinski definition) is 6. The van der Waals surface area contributed by atoms with E-state index in [4.69, 9.17) is 5.26 Å². The number of rotatable bonds is 6. The number of sulfonamides is 1. The van der Waals surface area contributed by atoms with Crippen molar-refractivity contribution in [3.63, 3.8) is 0 Å². The van der Waals surface area contributed by atoms with Crippen molar-refractivity contribution in [2.45, 2.75) is 0 Å². The van der Waals surface area contributed by atoms with Crippen molar-refractivity contribution in [2.75, 3.05) is 29.5 Å². The fourth-order valence-corrected chi connectivity index (χ4v) is 3.18. The van der Waals surface area contributed by atoms with E-state index >= 15 is 0 Å². The first-order valence-corrected chi connectivity index (χ1v) is 9.56. The number of esters is 1. The van der Waals surface area contributed by atoms with Crippen LogP contribution in [0.25, 0.3) is 0 Å². The summed E-state index contributed by atoms with van der Waals surface area (Å²) in [4.78, 5) is 24.3. The summed E-state index contributed by atoms with van der Waals surface area (Å²) in [6.45, 7) is -0.535. The minimum atomic E-state index is -3.86. The number of amides is 1. The second kappa shape index (κ2) is 8.33.